The summed E-state index contributed by atoms with van der Waals surface area (Å²) in [6.45, 7) is 0.782. The van der Waals surface area contributed by atoms with Crippen LogP contribution in [0.4, 0.5) is 0 Å². The molecule has 0 spiro atoms. The molecule has 0 aliphatic heterocycles. The van der Waals surface area contributed by atoms with Crippen molar-refractivity contribution in [3.05, 3.63) is 82.9 Å². The number of pyridine rings is 1. The van der Waals surface area contributed by atoms with E-state index in [1.807, 2.05) is 36.4 Å². The van der Waals surface area contributed by atoms with E-state index in [0.29, 0.717) is 10.8 Å². The maximum atomic E-state index is 5.69. The van der Waals surface area contributed by atoms with Gasteiger partial charge >= 0.3 is 0 Å². The number of halogens is 1. The lowest BCUT2D eigenvalue weighted by atomic mass is 10.2. The van der Waals surface area contributed by atoms with Gasteiger partial charge in [-0.1, -0.05) is 17.5 Å². The molecule has 2 heterocycles. The molecule has 6 heteroatoms. The fourth-order valence-electron chi connectivity index (χ4n) is 1.83. The van der Waals surface area contributed by atoms with Crippen molar-refractivity contribution >= 4 is 23.5 Å². The number of aromatic nitrogens is 3. The molecule has 0 saturated heterocycles. The zero-order valence-corrected chi connectivity index (χ0v) is 14.2. The van der Waals surface area contributed by atoms with Gasteiger partial charge in [0.05, 0.1) is 0 Å². The summed E-state index contributed by atoms with van der Waals surface area (Å²) in [6, 6.07) is 15.4. The van der Waals surface area contributed by atoms with E-state index < -0.39 is 0 Å². The van der Waals surface area contributed by atoms with Crippen molar-refractivity contribution < 1.29 is 0 Å². The first-order chi connectivity index (χ1) is 11.8. The van der Waals surface area contributed by atoms with Crippen molar-refractivity contribution in [3.8, 4) is 11.8 Å². The predicted molar refractivity (Wildman–Crippen MR) is 96.4 cm³/mol. The second-order valence-corrected chi connectivity index (χ2v) is 6.15. The Kier molecular flexibility index (Phi) is 5.80. The van der Waals surface area contributed by atoms with Gasteiger partial charge in [0.2, 0.25) is 0 Å². The van der Waals surface area contributed by atoms with Gasteiger partial charge in [-0.3, -0.25) is 9.71 Å². The Hall–Kier alpha value is -2.39. The molecule has 3 rings (SSSR count). The first-order valence-corrected chi connectivity index (χ1v) is 8.39. The highest BCUT2D eigenvalue weighted by molar-refractivity contribution is 7.97. The van der Waals surface area contributed by atoms with Crippen LogP contribution in [0.15, 0.2) is 65.8 Å². The van der Waals surface area contributed by atoms with E-state index in [4.69, 9.17) is 11.6 Å². The highest BCUT2D eigenvalue weighted by Crippen LogP contribution is 2.15. The average molecular weight is 353 g/mol. The summed E-state index contributed by atoms with van der Waals surface area (Å²) in [5.41, 5.74) is 2.71. The molecule has 0 radical (unpaired) electrons. The zero-order valence-electron chi connectivity index (χ0n) is 12.6. The van der Waals surface area contributed by atoms with Crippen LogP contribution in [-0.4, -0.2) is 15.2 Å². The van der Waals surface area contributed by atoms with Crippen molar-refractivity contribution in [2.75, 3.05) is 0 Å². The molecule has 0 bridgehead atoms. The Labute approximate surface area is 149 Å². The highest BCUT2D eigenvalue weighted by atomic mass is 35.5. The lowest BCUT2D eigenvalue weighted by Gasteiger charge is -2.04. The minimum atomic E-state index is 0.362. The summed E-state index contributed by atoms with van der Waals surface area (Å²) in [5, 5.41) is 8.03. The van der Waals surface area contributed by atoms with Gasteiger partial charge in [-0.2, -0.15) is 0 Å². The summed E-state index contributed by atoms with van der Waals surface area (Å²) in [7, 11) is 0. The van der Waals surface area contributed by atoms with Crippen LogP contribution in [0.2, 0.25) is 5.15 Å². The van der Waals surface area contributed by atoms with Gasteiger partial charge in [0.25, 0.3) is 0 Å². The maximum absolute atomic E-state index is 5.69. The molecule has 0 aliphatic rings. The van der Waals surface area contributed by atoms with Gasteiger partial charge in [-0.05, 0) is 72.0 Å². The van der Waals surface area contributed by atoms with Crippen molar-refractivity contribution in [2.45, 2.75) is 11.4 Å². The van der Waals surface area contributed by atoms with Crippen LogP contribution in [0.1, 0.15) is 16.8 Å². The minimum Gasteiger partial charge on any atom is -0.265 e. The number of nitrogens with one attached hydrogen (secondary N) is 1. The van der Waals surface area contributed by atoms with Crippen molar-refractivity contribution in [1.82, 2.24) is 19.9 Å². The van der Waals surface area contributed by atoms with Crippen LogP contribution in [0.25, 0.3) is 0 Å². The molecule has 3 aromatic rings. The lowest BCUT2D eigenvalue weighted by Crippen LogP contribution is -2.02. The second-order valence-electron chi connectivity index (χ2n) is 4.79. The molecule has 0 fully saturated rings. The molecule has 0 aliphatic carbocycles. The topological polar surface area (TPSA) is 50.7 Å². The van der Waals surface area contributed by atoms with Gasteiger partial charge in [-0.25, -0.2) is 0 Å². The molecular formula is C18H13ClN4S. The van der Waals surface area contributed by atoms with Crippen LogP contribution < -0.4 is 4.72 Å². The summed E-state index contributed by atoms with van der Waals surface area (Å²) < 4.78 is 3.32. The molecular weight excluding hydrogens is 340 g/mol. The first-order valence-electron chi connectivity index (χ1n) is 7.19. The Bertz CT molecular complexity index is 840. The van der Waals surface area contributed by atoms with Crippen LogP contribution in [-0.2, 0) is 6.54 Å². The third-order valence-electron chi connectivity index (χ3n) is 3.04. The van der Waals surface area contributed by atoms with Crippen molar-refractivity contribution in [1.29, 1.82) is 0 Å². The van der Waals surface area contributed by atoms with Gasteiger partial charge < -0.3 is 0 Å². The summed E-state index contributed by atoms with van der Waals surface area (Å²) in [5.74, 6) is 6.02. The van der Waals surface area contributed by atoms with Crippen molar-refractivity contribution in [3.63, 3.8) is 0 Å². The number of benzene rings is 1. The zero-order chi connectivity index (χ0) is 16.6. The maximum Gasteiger partial charge on any atom is 0.151 e. The van der Waals surface area contributed by atoms with Crippen LogP contribution in [0.3, 0.4) is 0 Å². The molecule has 24 heavy (non-hydrogen) atoms. The monoisotopic (exact) mass is 352 g/mol. The fraction of sp³-hybridized carbons (Fsp3) is 0.0556. The third-order valence-corrected chi connectivity index (χ3v) is 4.04. The Morgan fingerprint density at radius 2 is 1.71 bits per heavy atom. The summed E-state index contributed by atoms with van der Waals surface area (Å²) in [4.78, 5) is 5.13. The number of hydrogen-bond donors (Lipinski definition) is 1. The Balaban J connectivity index is 1.55. The molecule has 0 atom stereocenters. The number of rotatable bonds is 4. The van der Waals surface area contributed by atoms with E-state index in [-0.39, 0.29) is 0 Å². The van der Waals surface area contributed by atoms with Crippen molar-refractivity contribution in [2.24, 2.45) is 0 Å². The lowest BCUT2D eigenvalue weighted by molar-refractivity contribution is 0.969. The molecule has 0 saturated carbocycles. The van der Waals surface area contributed by atoms with E-state index in [0.717, 1.165) is 17.0 Å². The standard InChI is InChI=1S/C18H13ClN4S/c19-18-8-5-16(22-23-18)4-1-14-2-6-17(7-3-14)24-21-13-15-9-11-20-12-10-15/h2-3,5-12,21H,13H2. The second kappa shape index (κ2) is 8.46. The van der Waals surface area contributed by atoms with E-state index in [1.54, 1.807) is 36.5 Å². The molecule has 0 unspecified atom stereocenters. The number of nitrogens with zero attached hydrogens (tertiary/aromatic N) is 3. The molecule has 0 amide bonds. The Morgan fingerprint density at radius 1 is 0.917 bits per heavy atom. The van der Waals surface area contributed by atoms with Crippen LogP contribution >= 0.6 is 23.5 Å². The molecule has 1 N–H and O–H groups in total. The van der Waals surface area contributed by atoms with Gasteiger partial charge in [-0.15, -0.1) is 10.2 Å². The van der Waals surface area contributed by atoms with E-state index >= 15 is 0 Å². The number of hydrogen-bond acceptors (Lipinski definition) is 5. The fourth-order valence-corrected chi connectivity index (χ4v) is 2.61. The van der Waals surface area contributed by atoms with Gasteiger partial charge in [0.15, 0.2) is 5.15 Å². The predicted octanol–water partition coefficient (Wildman–Crippen LogP) is 3.72. The highest BCUT2D eigenvalue weighted by Gasteiger charge is 1.96. The summed E-state index contributed by atoms with van der Waals surface area (Å²) in [6.07, 6.45) is 3.58. The largest absolute Gasteiger partial charge is 0.265 e. The SMILES string of the molecule is Clc1ccc(C#Cc2ccc(SNCc3ccncc3)cc2)nn1. The van der Waals surface area contributed by atoms with Crippen LogP contribution in [0.5, 0.6) is 0 Å². The molecule has 118 valence electrons. The normalized spacial score (nSPS) is 10.0. The van der Waals surface area contributed by atoms with E-state index in [9.17, 15) is 0 Å². The smallest absolute Gasteiger partial charge is 0.151 e. The molecule has 4 nitrogen and oxygen atoms in total. The summed E-state index contributed by atoms with van der Waals surface area (Å²) >= 11 is 7.28. The average Bonchev–Trinajstić information content (AvgIpc) is 2.63. The minimum absolute atomic E-state index is 0.362. The van der Waals surface area contributed by atoms with Crippen LogP contribution in [0, 0.1) is 11.8 Å². The Morgan fingerprint density at radius 3 is 2.42 bits per heavy atom. The third kappa shape index (κ3) is 5.07. The molecule has 2 aromatic heterocycles. The first kappa shape index (κ1) is 16.5. The van der Waals surface area contributed by atoms with E-state index in [1.165, 1.54) is 5.56 Å². The quantitative estimate of drug-likeness (QED) is 0.573. The van der Waals surface area contributed by atoms with Gasteiger partial charge in [0.1, 0.15) is 5.69 Å². The van der Waals surface area contributed by atoms with Gasteiger partial charge in [0, 0.05) is 29.4 Å². The molecule has 1 aromatic carbocycles. The van der Waals surface area contributed by atoms with E-state index in [2.05, 4.69) is 31.7 Å².